The number of halogens is 1. The van der Waals surface area contributed by atoms with Gasteiger partial charge in [0.15, 0.2) is 12.1 Å². The maximum Gasteiger partial charge on any atom is 0.338 e. The third-order valence-corrected chi connectivity index (χ3v) is 5.87. The van der Waals surface area contributed by atoms with E-state index in [1.54, 1.807) is 44.6 Å². The van der Waals surface area contributed by atoms with E-state index in [1.165, 1.54) is 19.2 Å². The normalized spacial score (nSPS) is 17.4. The molecule has 0 radical (unpaired) electrons. The predicted molar refractivity (Wildman–Crippen MR) is 121 cm³/mol. The number of ketones is 1. The molecule has 3 aromatic rings. The van der Waals surface area contributed by atoms with Crippen molar-refractivity contribution in [1.29, 1.82) is 0 Å². The van der Waals surface area contributed by atoms with Crippen molar-refractivity contribution >= 4 is 17.4 Å². The van der Waals surface area contributed by atoms with Crippen LogP contribution < -0.4 is 5.32 Å². The zero-order valence-corrected chi connectivity index (χ0v) is 18.5. The quantitative estimate of drug-likeness (QED) is 0.420. The number of nitrogens with one attached hydrogen (secondary N) is 1. The van der Waals surface area contributed by atoms with Crippen molar-refractivity contribution in [1.82, 2.24) is 0 Å². The summed E-state index contributed by atoms with van der Waals surface area (Å²) in [4.78, 5) is 26.2. The van der Waals surface area contributed by atoms with Gasteiger partial charge < -0.3 is 19.5 Å². The zero-order valence-electron chi connectivity index (χ0n) is 18.5. The summed E-state index contributed by atoms with van der Waals surface area (Å²) >= 11 is 0. The Morgan fingerprint density at radius 2 is 1.55 bits per heavy atom. The fourth-order valence-electron chi connectivity index (χ4n) is 4.29. The van der Waals surface area contributed by atoms with Crippen molar-refractivity contribution in [3.05, 3.63) is 100 Å². The molecule has 4 rings (SSSR count). The van der Waals surface area contributed by atoms with Crippen molar-refractivity contribution in [3.63, 3.8) is 0 Å². The van der Waals surface area contributed by atoms with Crippen LogP contribution >= 0.6 is 0 Å². The van der Waals surface area contributed by atoms with Gasteiger partial charge in [-0.15, -0.1) is 0 Å². The van der Waals surface area contributed by atoms with E-state index < -0.39 is 30.0 Å². The van der Waals surface area contributed by atoms with Crippen molar-refractivity contribution in [3.8, 4) is 0 Å². The highest BCUT2D eigenvalue weighted by Gasteiger charge is 2.39. The van der Waals surface area contributed by atoms with Crippen LogP contribution in [-0.4, -0.2) is 33.1 Å². The van der Waals surface area contributed by atoms with Crippen LogP contribution in [0.2, 0.25) is 0 Å². The lowest BCUT2D eigenvalue weighted by Crippen LogP contribution is -2.33. The van der Waals surface area contributed by atoms with E-state index >= 15 is 0 Å². The second kappa shape index (κ2) is 9.52. The fraction of sp³-hybridized carbons (Fsp3) is 0.231. The largest absolute Gasteiger partial charge is 0.465 e. The summed E-state index contributed by atoms with van der Waals surface area (Å²) < 4.78 is 29.1. The van der Waals surface area contributed by atoms with Crippen LogP contribution in [0.4, 0.5) is 10.1 Å². The minimum atomic E-state index is -0.685. The molecule has 1 aliphatic rings. The third kappa shape index (κ3) is 4.25. The molecule has 0 bridgehead atoms. The number of anilines is 1. The van der Waals surface area contributed by atoms with E-state index in [0.29, 0.717) is 11.3 Å². The Labute approximate surface area is 191 Å². The van der Waals surface area contributed by atoms with Crippen LogP contribution in [0, 0.1) is 5.82 Å². The predicted octanol–water partition coefficient (Wildman–Crippen LogP) is 5.04. The minimum absolute atomic E-state index is 0.191. The van der Waals surface area contributed by atoms with Crippen LogP contribution in [0.3, 0.4) is 0 Å². The van der Waals surface area contributed by atoms with E-state index in [9.17, 15) is 14.0 Å². The Hall–Kier alpha value is -3.55. The first kappa shape index (κ1) is 22.6. The molecule has 33 heavy (non-hydrogen) atoms. The van der Waals surface area contributed by atoms with E-state index in [0.717, 1.165) is 11.1 Å². The Bertz CT molecular complexity index is 1160. The molecule has 0 amide bonds. The molecule has 1 heterocycles. The molecule has 1 aliphatic heterocycles. The van der Waals surface area contributed by atoms with Gasteiger partial charge in [-0.05, 0) is 35.4 Å². The van der Waals surface area contributed by atoms with Crippen LogP contribution in [0.1, 0.15) is 55.7 Å². The number of ether oxygens (including phenoxy) is 3. The Morgan fingerprint density at radius 3 is 2.15 bits per heavy atom. The van der Waals surface area contributed by atoms with E-state index in [2.05, 4.69) is 5.32 Å². The van der Waals surface area contributed by atoms with Crippen molar-refractivity contribution in [2.24, 2.45) is 0 Å². The molecule has 0 aliphatic carbocycles. The molecule has 6 nitrogen and oxygen atoms in total. The molecule has 0 spiro atoms. The molecule has 0 saturated heterocycles. The highest BCUT2D eigenvalue weighted by Crippen LogP contribution is 2.43. The lowest BCUT2D eigenvalue weighted by molar-refractivity contribution is -0.106. The number of esters is 1. The molecular formula is C26H24FNO5. The summed E-state index contributed by atoms with van der Waals surface area (Å²) in [5.41, 5.74) is 3.32. The number of rotatable bonds is 6. The number of methoxy groups -OCH3 is 3. The summed E-state index contributed by atoms with van der Waals surface area (Å²) in [6.07, 6.45) is -0.503. The summed E-state index contributed by atoms with van der Waals surface area (Å²) in [6.45, 7) is 0. The summed E-state index contributed by atoms with van der Waals surface area (Å²) in [6, 6.07) is 18.0. The van der Waals surface area contributed by atoms with Gasteiger partial charge in [-0.3, -0.25) is 4.79 Å². The minimum Gasteiger partial charge on any atom is -0.465 e. The molecule has 3 aromatic carbocycles. The first-order chi connectivity index (χ1) is 16.0. The van der Waals surface area contributed by atoms with Crippen LogP contribution in [0.15, 0.2) is 66.7 Å². The Morgan fingerprint density at radius 1 is 0.909 bits per heavy atom. The number of hydrogen-bond acceptors (Lipinski definition) is 6. The van der Waals surface area contributed by atoms with Gasteiger partial charge >= 0.3 is 5.97 Å². The van der Waals surface area contributed by atoms with E-state index in [-0.39, 0.29) is 16.9 Å². The van der Waals surface area contributed by atoms with Crippen LogP contribution in [0.25, 0.3) is 0 Å². The molecule has 7 heteroatoms. The average molecular weight is 449 g/mol. The van der Waals surface area contributed by atoms with Crippen molar-refractivity contribution in [2.45, 2.75) is 18.2 Å². The average Bonchev–Trinajstić information content (AvgIpc) is 2.85. The zero-order chi connectivity index (χ0) is 23.5. The highest BCUT2D eigenvalue weighted by atomic mass is 19.1. The molecule has 2 atom stereocenters. The molecule has 0 saturated carbocycles. The number of fused-ring (bicyclic) bond motifs is 1. The molecule has 170 valence electrons. The van der Waals surface area contributed by atoms with Gasteiger partial charge in [0, 0.05) is 25.5 Å². The smallest absolute Gasteiger partial charge is 0.338 e. The summed E-state index contributed by atoms with van der Waals surface area (Å²) in [5, 5.41) is 3.42. The van der Waals surface area contributed by atoms with Gasteiger partial charge in [-0.1, -0.05) is 42.5 Å². The van der Waals surface area contributed by atoms with Crippen molar-refractivity contribution in [2.75, 3.05) is 26.6 Å². The second-order valence-corrected chi connectivity index (χ2v) is 7.71. The standard InChI is InChI=1S/C26H24FNO5/c1-31-25(30)19-5-4-6-20-22(19)24(29)21(15-11-13-18(27)14-12-15)23(28-20)16-7-9-17(10-8-16)26(32-2)33-3/h4-14,21,23,26,28H,1-3H3. The molecular weight excluding hydrogens is 425 g/mol. The van der Waals surface area contributed by atoms with Gasteiger partial charge in [-0.2, -0.15) is 0 Å². The van der Waals surface area contributed by atoms with Crippen molar-refractivity contribution < 1.29 is 28.2 Å². The maximum absolute atomic E-state index is 13.8. The number of carbonyl (C=O) groups excluding carboxylic acids is 2. The Balaban J connectivity index is 1.82. The lowest BCUT2D eigenvalue weighted by Gasteiger charge is -2.35. The van der Waals surface area contributed by atoms with E-state index in [1.807, 2.05) is 24.3 Å². The highest BCUT2D eigenvalue weighted by molar-refractivity contribution is 6.14. The van der Waals surface area contributed by atoms with Crippen LogP contribution in [-0.2, 0) is 14.2 Å². The monoisotopic (exact) mass is 449 g/mol. The SMILES string of the molecule is COC(=O)c1cccc2c1C(=O)C(c1ccc(F)cc1)C(c1ccc(C(OC)OC)cc1)N2. The van der Waals surface area contributed by atoms with Gasteiger partial charge in [0.1, 0.15) is 5.82 Å². The van der Waals surface area contributed by atoms with Gasteiger partial charge in [-0.25, -0.2) is 9.18 Å². The number of carbonyl (C=O) groups is 2. The number of Topliss-reactive ketones (excluding diaryl/α,β-unsaturated/α-hetero) is 1. The molecule has 0 fully saturated rings. The molecule has 1 N–H and O–H groups in total. The number of benzene rings is 3. The Kier molecular flexibility index (Phi) is 6.53. The third-order valence-electron chi connectivity index (χ3n) is 5.87. The first-order valence-electron chi connectivity index (χ1n) is 10.4. The van der Waals surface area contributed by atoms with Gasteiger partial charge in [0.25, 0.3) is 0 Å². The summed E-state index contributed by atoms with van der Waals surface area (Å²) in [7, 11) is 4.39. The number of hydrogen-bond donors (Lipinski definition) is 1. The van der Waals surface area contributed by atoms with E-state index in [4.69, 9.17) is 14.2 Å². The molecule has 2 unspecified atom stereocenters. The topological polar surface area (TPSA) is 73.9 Å². The lowest BCUT2D eigenvalue weighted by atomic mass is 9.77. The molecule has 0 aromatic heterocycles. The second-order valence-electron chi connectivity index (χ2n) is 7.71. The maximum atomic E-state index is 13.8. The van der Waals surface area contributed by atoms with Gasteiger partial charge in [0.2, 0.25) is 0 Å². The summed E-state index contributed by atoms with van der Waals surface area (Å²) in [5.74, 6) is -1.91. The van der Waals surface area contributed by atoms with Crippen LogP contribution in [0.5, 0.6) is 0 Å². The first-order valence-corrected chi connectivity index (χ1v) is 10.4. The fourth-order valence-corrected chi connectivity index (χ4v) is 4.29. The van der Waals surface area contributed by atoms with Gasteiger partial charge in [0.05, 0.1) is 30.2 Å².